The molecule has 1 aromatic rings. The largest absolute Gasteiger partial charge is 0.302 e. The van der Waals surface area contributed by atoms with E-state index in [9.17, 15) is 4.79 Å². The highest BCUT2D eigenvalue weighted by atomic mass is 32.1. The van der Waals surface area contributed by atoms with Crippen molar-refractivity contribution in [2.75, 3.05) is 5.32 Å². The summed E-state index contributed by atoms with van der Waals surface area (Å²) in [4.78, 5) is 16.1. The molecule has 0 atom stereocenters. The third kappa shape index (κ3) is 3.53. The first-order chi connectivity index (χ1) is 8.28. The Morgan fingerprint density at radius 3 is 3.00 bits per heavy atom. The van der Waals surface area contributed by atoms with Crippen molar-refractivity contribution >= 4 is 22.4 Å². The van der Waals surface area contributed by atoms with Crippen molar-refractivity contribution in [3.05, 3.63) is 11.1 Å². The second-order valence-corrected chi connectivity index (χ2v) is 5.41. The number of hydrogen-bond acceptors (Lipinski definition) is 4. The summed E-state index contributed by atoms with van der Waals surface area (Å²) in [5, 5.41) is 11.9. The second-order valence-electron chi connectivity index (χ2n) is 4.38. The van der Waals surface area contributed by atoms with Crippen LogP contribution >= 0.6 is 11.3 Å². The molecule has 0 spiro atoms. The molecule has 90 valence electrons. The minimum absolute atomic E-state index is 0.00994. The standard InChI is InChI=1S/C12H15N3OS/c13-7-10-8-14-12(17-10)15-11(16)6-5-9-3-1-2-4-9/h8-9H,1-6H2,(H,14,15,16). The molecule has 2 rings (SSSR count). The molecule has 0 bridgehead atoms. The number of anilines is 1. The van der Waals surface area contributed by atoms with E-state index in [1.807, 2.05) is 6.07 Å². The van der Waals surface area contributed by atoms with Gasteiger partial charge in [-0.25, -0.2) is 4.98 Å². The molecule has 0 radical (unpaired) electrons. The lowest BCUT2D eigenvalue weighted by atomic mass is 10.0. The smallest absolute Gasteiger partial charge is 0.226 e. The summed E-state index contributed by atoms with van der Waals surface area (Å²) < 4.78 is 0. The number of nitriles is 1. The minimum atomic E-state index is 0.00994. The fourth-order valence-electron chi connectivity index (χ4n) is 2.20. The predicted octanol–water partition coefficient (Wildman–Crippen LogP) is 2.92. The van der Waals surface area contributed by atoms with Gasteiger partial charge >= 0.3 is 0 Å². The van der Waals surface area contributed by atoms with Crippen LogP contribution in [0.4, 0.5) is 5.13 Å². The first kappa shape index (κ1) is 12.1. The SMILES string of the molecule is N#Cc1cnc(NC(=O)CCC2CCCC2)s1. The molecule has 1 saturated carbocycles. The van der Waals surface area contributed by atoms with E-state index in [1.54, 1.807) is 0 Å². The number of hydrogen-bond donors (Lipinski definition) is 1. The summed E-state index contributed by atoms with van der Waals surface area (Å²) in [6, 6.07) is 2.00. The van der Waals surface area contributed by atoms with Crippen molar-refractivity contribution in [2.24, 2.45) is 5.92 Å². The van der Waals surface area contributed by atoms with Crippen LogP contribution < -0.4 is 5.32 Å². The van der Waals surface area contributed by atoms with Crippen molar-refractivity contribution in [3.8, 4) is 6.07 Å². The van der Waals surface area contributed by atoms with Gasteiger partial charge in [-0.1, -0.05) is 37.0 Å². The summed E-state index contributed by atoms with van der Waals surface area (Å²) in [5.41, 5.74) is 0. The van der Waals surface area contributed by atoms with Crippen molar-refractivity contribution in [2.45, 2.75) is 38.5 Å². The number of thiazole rings is 1. The lowest BCUT2D eigenvalue weighted by molar-refractivity contribution is -0.116. The van der Waals surface area contributed by atoms with Gasteiger partial charge in [0.25, 0.3) is 0 Å². The van der Waals surface area contributed by atoms with Gasteiger partial charge in [-0.05, 0) is 12.3 Å². The lowest BCUT2D eigenvalue weighted by Crippen LogP contribution is -2.12. The third-order valence-corrected chi connectivity index (χ3v) is 3.93. The van der Waals surface area contributed by atoms with E-state index >= 15 is 0 Å². The van der Waals surface area contributed by atoms with Gasteiger partial charge in [0.05, 0.1) is 6.20 Å². The molecule has 1 N–H and O–H groups in total. The third-order valence-electron chi connectivity index (χ3n) is 3.12. The number of carbonyl (C=O) groups excluding carboxylic acids is 1. The molecule has 1 aromatic heterocycles. The number of rotatable bonds is 4. The Labute approximate surface area is 105 Å². The van der Waals surface area contributed by atoms with Crippen molar-refractivity contribution < 1.29 is 4.79 Å². The molecule has 0 aromatic carbocycles. The monoisotopic (exact) mass is 249 g/mol. The fourth-order valence-corrected chi connectivity index (χ4v) is 2.83. The number of carbonyl (C=O) groups is 1. The van der Waals surface area contributed by atoms with E-state index in [2.05, 4.69) is 10.3 Å². The van der Waals surface area contributed by atoms with Crippen LogP contribution in [0.3, 0.4) is 0 Å². The van der Waals surface area contributed by atoms with Gasteiger partial charge in [-0.2, -0.15) is 5.26 Å². The van der Waals surface area contributed by atoms with Gasteiger partial charge in [-0.15, -0.1) is 0 Å². The quantitative estimate of drug-likeness (QED) is 0.892. The molecule has 4 nitrogen and oxygen atoms in total. The predicted molar refractivity (Wildman–Crippen MR) is 66.7 cm³/mol. The van der Waals surface area contributed by atoms with Crippen LogP contribution in [-0.4, -0.2) is 10.9 Å². The van der Waals surface area contributed by atoms with E-state index in [1.165, 1.54) is 43.2 Å². The number of nitrogens with one attached hydrogen (secondary N) is 1. The summed E-state index contributed by atoms with van der Waals surface area (Å²) in [7, 11) is 0. The van der Waals surface area contributed by atoms with Crippen LogP contribution in [0.5, 0.6) is 0 Å². The molecule has 1 amide bonds. The van der Waals surface area contributed by atoms with Crippen LogP contribution in [0.15, 0.2) is 6.20 Å². The summed E-state index contributed by atoms with van der Waals surface area (Å²) >= 11 is 1.22. The van der Waals surface area contributed by atoms with E-state index in [0.717, 1.165) is 12.3 Å². The Morgan fingerprint density at radius 2 is 2.35 bits per heavy atom. The van der Waals surface area contributed by atoms with E-state index < -0.39 is 0 Å². The zero-order valence-corrected chi connectivity index (χ0v) is 10.4. The normalized spacial score (nSPS) is 15.7. The van der Waals surface area contributed by atoms with Gasteiger partial charge in [0.15, 0.2) is 5.13 Å². The van der Waals surface area contributed by atoms with E-state index in [0.29, 0.717) is 16.4 Å². The van der Waals surface area contributed by atoms with Crippen LogP contribution in [0.1, 0.15) is 43.4 Å². The van der Waals surface area contributed by atoms with Crippen LogP contribution in [0.2, 0.25) is 0 Å². The first-order valence-electron chi connectivity index (χ1n) is 5.93. The molecule has 1 heterocycles. The molecule has 0 aliphatic heterocycles. The molecule has 1 fully saturated rings. The molecule has 1 aliphatic carbocycles. The number of amides is 1. The number of nitrogens with zero attached hydrogens (tertiary/aromatic N) is 2. The average Bonchev–Trinajstić information content (AvgIpc) is 2.97. The van der Waals surface area contributed by atoms with E-state index in [4.69, 9.17) is 5.26 Å². The molecular formula is C12H15N3OS. The molecule has 5 heteroatoms. The highest BCUT2D eigenvalue weighted by molar-refractivity contribution is 7.16. The lowest BCUT2D eigenvalue weighted by Gasteiger charge is -2.07. The van der Waals surface area contributed by atoms with Gasteiger partial charge < -0.3 is 5.32 Å². The van der Waals surface area contributed by atoms with Crippen molar-refractivity contribution in [1.29, 1.82) is 5.26 Å². The summed E-state index contributed by atoms with van der Waals surface area (Å²) in [5.74, 6) is 0.738. The highest BCUT2D eigenvalue weighted by Gasteiger charge is 2.16. The molecule has 1 aliphatic rings. The van der Waals surface area contributed by atoms with Gasteiger partial charge in [0.1, 0.15) is 10.9 Å². The average molecular weight is 249 g/mol. The summed E-state index contributed by atoms with van der Waals surface area (Å²) in [6.07, 6.45) is 8.17. The molecular weight excluding hydrogens is 234 g/mol. The van der Waals surface area contributed by atoms with Crippen molar-refractivity contribution in [3.63, 3.8) is 0 Å². The Morgan fingerprint density at radius 1 is 1.59 bits per heavy atom. The fraction of sp³-hybridized carbons (Fsp3) is 0.583. The Balaban J connectivity index is 1.75. The van der Waals surface area contributed by atoms with Crippen LogP contribution in [-0.2, 0) is 4.79 Å². The first-order valence-corrected chi connectivity index (χ1v) is 6.75. The maximum absolute atomic E-state index is 11.6. The topological polar surface area (TPSA) is 65.8 Å². The Hall–Kier alpha value is -1.41. The Kier molecular flexibility index (Phi) is 4.10. The zero-order valence-electron chi connectivity index (χ0n) is 9.61. The maximum Gasteiger partial charge on any atom is 0.226 e. The van der Waals surface area contributed by atoms with Crippen LogP contribution in [0, 0.1) is 17.2 Å². The minimum Gasteiger partial charge on any atom is -0.302 e. The number of aromatic nitrogens is 1. The van der Waals surface area contributed by atoms with E-state index in [-0.39, 0.29) is 5.91 Å². The zero-order chi connectivity index (χ0) is 12.1. The highest BCUT2D eigenvalue weighted by Crippen LogP contribution is 2.28. The molecule has 0 unspecified atom stereocenters. The Bertz CT molecular complexity index is 429. The molecule has 17 heavy (non-hydrogen) atoms. The van der Waals surface area contributed by atoms with Gasteiger partial charge in [0, 0.05) is 6.42 Å². The van der Waals surface area contributed by atoms with Gasteiger partial charge in [-0.3, -0.25) is 4.79 Å². The van der Waals surface area contributed by atoms with Crippen LogP contribution in [0.25, 0.3) is 0 Å². The summed E-state index contributed by atoms with van der Waals surface area (Å²) in [6.45, 7) is 0. The molecule has 0 saturated heterocycles. The van der Waals surface area contributed by atoms with Gasteiger partial charge in [0.2, 0.25) is 5.91 Å². The maximum atomic E-state index is 11.6. The second kappa shape index (κ2) is 5.78. The van der Waals surface area contributed by atoms with Crippen molar-refractivity contribution in [1.82, 2.24) is 4.98 Å².